The van der Waals surface area contributed by atoms with Gasteiger partial charge in [-0.2, -0.15) is 0 Å². The van der Waals surface area contributed by atoms with E-state index in [0.29, 0.717) is 0 Å². The largest absolute Gasteiger partial charge is 0.0795 e. The summed E-state index contributed by atoms with van der Waals surface area (Å²) in [6, 6.07) is 18.2. The molecule has 0 N–H and O–H groups in total. The molecule has 0 saturated carbocycles. The lowest BCUT2D eigenvalue weighted by Gasteiger charge is -2.06. The summed E-state index contributed by atoms with van der Waals surface area (Å²) in [6.45, 7) is 0. The van der Waals surface area contributed by atoms with Crippen molar-refractivity contribution in [3.8, 4) is 11.1 Å². The summed E-state index contributed by atoms with van der Waals surface area (Å²) in [7, 11) is 0. The van der Waals surface area contributed by atoms with E-state index >= 15 is 0 Å². The van der Waals surface area contributed by atoms with E-state index in [1.165, 1.54) is 44.2 Å². The van der Waals surface area contributed by atoms with Crippen molar-refractivity contribution in [3.05, 3.63) is 76.9 Å². The summed E-state index contributed by atoms with van der Waals surface area (Å²) in [5.74, 6) is 0. The van der Waals surface area contributed by atoms with Gasteiger partial charge in [0.2, 0.25) is 0 Å². The third-order valence-electron chi connectivity index (χ3n) is 4.64. The molecule has 0 nitrogen and oxygen atoms in total. The molecule has 0 radical (unpaired) electrons. The minimum absolute atomic E-state index is 1.08. The van der Waals surface area contributed by atoms with Crippen LogP contribution in [0.4, 0.5) is 0 Å². The lowest BCUT2D eigenvalue weighted by atomic mass is 9.98. The van der Waals surface area contributed by atoms with Crippen molar-refractivity contribution in [2.45, 2.75) is 12.8 Å². The van der Waals surface area contributed by atoms with Gasteiger partial charge >= 0.3 is 0 Å². The third kappa shape index (κ3) is 1.31. The molecular weight excluding hydrogens is 240 g/mol. The van der Waals surface area contributed by atoms with Crippen LogP contribution in [0.5, 0.6) is 0 Å². The topological polar surface area (TPSA) is 0 Å². The molecule has 0 bridgehead atoms. The van der Waals surface area contributed by atoms with Gasteiger partial charge in [-0.3, -0.25) is 0 Å². The maximum absolute atomic E-state index is 2.41. The molecule has 0 heterocycles. The zero-order chi connectivity index (χ0) is 13.1. The molecule has 20 heavy (non-hydrogen) atoms. The van der Waals surface area contributed by atoms with Crippen LogP contribution in [0.3, 0.4) is 0 Å². The van der Waals surface area contributed by atoms with E-state index in [1.807, 2.05) is 0 Å². The summed E-state index contributed by atoms with van der Waals surface area (Å²) >= 11 is 0. The van der Waals surface area contributed by atoms with Gasteiger partial charge in [0.05, 0.1) is 0 Å². The molecule has 0 amide bonds. The molecule has 94 valence electrons. The van der Waals surface area contributed by atoms with Crippen LogP contribution < -0.4 is 0 Å². The molecule has 0 aromatic heterocycles. The Bertz CT molecular complexity index is 897. The van der Waals surface area contributed by atoms with Crippen LogP contribution in [-0.2, 0) is 12.8 Å². The maximum atomic E-state index is 2.41. The molecule has 0 atom stereocenters. The summed E-state index contributed by atoms with van der Waals surface area (Å²) < 4.78 is 0. The molecule has 0 unspecified atom stereocenters. The molecule has 0 fully saturated rings. The van der Waals surface area contributed by atoms with Gasteiger partial charge in [-0.25, -0.2) is 0 Å². The van der Waals surface area contributed by atoms with Crippen molar-refractivity contribution >= 4 is 16.8 Å². The summed E-state index contributed by atoms with van der Waals surface area (Å²) in [5.41, 5.74) is 8.75. The zero-order valence-corrected chi connectivity index (χ0v) is 11.2. The first kappa shape index (κ1) is 10.4. The van der Waals surface area contributed by atoms with Crippen molar-refractivity contribution in [2.75, 3.05) is 0 Å². The minimum atomic E-state index is 1.08. The van der Waals surface area contributed by atoms with E-state index in [0.717, 1.165) is 12.8 Å². The third-order valence-corrected chi connectivity index (χ3v) is 4.64. The molecule has 5 rings (SSSR count). The van der Waals surface area contributed by atoms with Crippen LogP contribution in [0.2, 0.25) is 0 Å². The van der Waals surface area contributed by atoms with Crippen LogP contribution in [-0.4, -0.2) is 0 Å². The highest BCUT2D eigenvalue weighted by Gasteiger charge is 2.21. The SMILES string of the molecule is C1=Cc2cc3c(cc2C1)-c1cc2ccccc2cc1C3. The quantitative estimate of drug-likeness (QED) is 0.415. The van der Waals surface area contributed by atoms with E-state index in [-0.39, 0.29) is 0 Å². The van der Waals surface area contributed by atoms with Crippen LogP contribution in [0.15, 0.2) is 54.6 Å². The molecule has 3 aromatic carbocycles. The van der Waals surface area contributed by atoms with Gasteiger partial charge < -0.3 is 0 Å². The van der Waals surface area contributed by atoms with Gasteiger partial charge in [0, 0.05) is 0 Å². The Balaban J connectivity index is 1.80. The number of rotatable bonds is 0. The summed E-state index contributed by atoms with van der Waals surface area (Å²) in [4.78, 5) is 0. The standard InChI is InChI=1S/C20H14/c1-2-5-15-11-19-17(8-13(15)4-1)10-18-9-14-6-3-7-16(14)12-20(18)19/h1-6,8-9,11-12H,7,10H2. The van der Waals surface area contributed by atoms with Crippen molar-refractivity contribution in [1.29, 1.82) is 0 Å². The minimum Gasteiger partial charge on any atom is -0.0795 e. The van der Waals surface area contributed by atoms with Gasteiger partial charge in [0.25, 0.3) is 0 Å². The lowest BCUT2D eigenvalue weighted by Crippen LogP contribution is -1.86. The van der Waals surface area contributed by atoms with Gasteiger partial charge in [-0.15, -0.1) is 0 Å². The van der Waals surface area contributed by atoms with Gasteiger partial charge in [0.15, 0.2) is 0 Å². The summed E-state index contributed by atoms with van der Waals surface area (Å²) in [6.07, 6.45) is 6.69. The fraction of sp³-hybridized carbons (Fsp3) is 0.100. The highest BCUT2D eigenvalue weighted by molar-refractivity contribution is 5.92. The van der Waals surface area contributed by atoms with E-state index in [9.17, 15) is 0 Å². The molecule has 3 aromatic rings. The fourth-order valence-corrected chi connectivity index (χ4v) is 3.64. The van der Waals surface area contributed by atoms with Crippen molar-refractivity contribution in [2.24, 2.45) is 0 Å². The first-order chi connectivity index (χ1) is 9.88. The van der Waals surface area contributed by atoms with E-state index in [4.69, 9.17) is 0 Å². The second-order valence-electron chi connectivity index (χ2n) is 5.85. The van der Waals surface area contributed by atoms with Gasteiger partial charge in [-0.05, 0) is 69.1 Å². The maximum Gasteiger partial charge on any atom is -0.00130 e. The Kier molecular flexibility index (Phi) is 1.88. The molecule has 2 aliphatic rings. The van der Waals surface area contributed by atoms with Crippen molar-refractivity contribution in [1.82, 2.24) is 0 Å². The fourth-order valence-electron chi connectivity index (χ4n) is 3.64. The highest BCUT2D eigenvalue weighted by atomic mass is 14.2. The predicted molar refractivity (Wildman–Crippen MR) is 84.9 cm³/mol. The van der Waals surface area contributed by atoms with E-state index in [1.54, 1.807) is 0 Å². The van der Waals surface area contributed by atoms with Crippen LogP contribution in [0.25, 0.3) is 28.0 Å². The molecular formula is C20H14. The van der Waals surface area contributed by atoms with Gasteiger partial charge in [0.1, 0.15) is 0 Å². The van der Waals surface area contributed by atoms with Crippen LogP contribution in [0.1, 0.15) is 22.3 Å². The Morgan fingerprint density at radius 2 is 1.45 bits per heavy atom. The number of hydrogen-bond acceptors (Lipinski definition) is 0. The molecule has 0 heteroatoms. The van der Waals surface area contributed by atoms with Crippen molar-refractivity contribution in [3.63, 3.8) is 0 Å². The zero-order valence-electron chi connectivity index (χ0n) is 11.2. The van der Waals surface area contributed by atoms with E-state index in [2.05, 4.69) is 60.7 Å². The number of hydrogen-bond donors (Lipinski definition) is 0. The first-order valence-corrected chi connectivity index (χ1v) is 7.23. The average Bonchev–Trinajstić information content (AvgIpc) is 3.05. The smallest absolute Gasteiger partial charge is 0.00130 e. The Morgan fingerprint density at radius 3 is 2.35 bits per heavy atom. The number of allylic oxidation sites excluding steroid dienone is 1. The predicted octanol–water partition coefficient (Wildman–Crippen LogP) is 4.98. The monoisotopic (exact) mass is 254 g/mol. The Morgan fingerprint density at radius 1 is 0.700 bits per heavy atom. The first-order valence-electron chi connectivity index (χ1n) is 7.23. The van der Waals surface area contributed by atoms with Gasteiger partial charge in [-0.1, -0.05) is 48.6 Å². The number of benzene rings is 3. The highest BCUT2D eigenvalue weighted by Crippen LogP contribution is 2.41. The van der Waals surface area contributed by atoms with Crippen molar-refractivity contribution < 1.29 is 0 Å². The van der Waals surface area contributed by atoms with Crippen LogP contribution in [0, 0.1) is 0 Å². The summed E-state index contributed by atoms with van der Waals surface area (Å²) in [5, 5.41) is 2.70. The molecule has 0 spiro atoms. The Hall–Kier alpha value is -2.34. The molecule has 2 aliphatic carbocycles. The number of fused-ring (bicyclic) bond motifs is 5. The average molecular weight is 254 g/mol. The molecule has 0 saturated heterocycles. The van der Waals surface area contributed by atoms with E-state index < -0.39 is 0 Å². The lowest BCUT2D eigenvalue weighted by molar-refractivity contribution is 1.24. The van der Waals surface area contributed by atoms with Crippen LogP contribution >= 0.6 is 0 Å². The second-order valence-corrected chi connectivity index (χ2v) is 5.85. The Labute approximate surface area is 118 Å². The molecule has 0 aliphatic heterocycles. The normalized spacial score (nSPS) is 14.4. The second kappa shape index (κ2) is 3.61.